The van der Waals surface area contributed by atoms with E-state index in [2.05, 4.69) is 0 Å². The molecular formula is C16H17ClN2O4. The maximum absolute atomic E-state index is 12.0. The average molecular weight is 337 g/mol. The van der Waals surface area contributed by atoms with Crippen LogP contribution in [0.4, 0.5) is 10.5 Å². The smallest absolute Gasteiger partial charge is 0.418 e. The molecule has 2 N–H and O–H groups in total. The van der Waals surface area contributed by atoms with E-state index in [1.165, 1.54) is 13.3 Å². The summed E-state index contributed by atoms with van der Waals surface area (Å²) in [6.07, 6.45) is 1.22. The molecule has 0 aliphatic rings. The van der Waals surface area contributed by atoms with Crippen molar-refractivity contribution in [2.24, 2.45) is 0 Å². The van der Waals surface area contributed by atoms with E-state index in [1.54, 1.807) is 19.1 Å². The normalized spacial score (nSPS) is 10.4. The summed E-state index contributed by atoms with van der Waals surface area (Å²) in [6.45, 7) is 1.86. The number of benzene rings is 1. The number of carbonyl (C=O) groups excluding carboxylic acids is 2. The van der Waals surface area contributed by atoms with Gasteiger partial charge in [0.2, 0.25) is 0 Å². The number of nitrogens with two attached hydrogens (primary N) is 1. The Morgan fingerprint density at radius 2 is 2.09 bits per heavy atom. The number of anilines is 1. The van der Waals surface area contributed by atoms with E-state index in [4.69, 9.17) is 26.8 Å². The second kappa shape index (κ2) is 7.19. The number of hydrogen-bond acceptors (Lipinski definition) is 5. The third-order valence-electron chi connectivity index (χ3n) is 3.25. The zero-order valence-electron chi connectivity index (χ0n) is 12.8. The fourth-order valence-corrected chi connectivity index (χ4v) is 2.43. The first-order chi connectivity index (χ1) is 11.0. The summed E-state index contributed by atoms with van der Waals surface area (Å²) in [5.74, 6) is -0.701. The molecule has 7 heteroatoms. The predicted octanol–water partition coefficient (Wildman–Crippen LogP) is 3.11. The number of esters is 1. The van der Waals surface area contributed by atoms with E-state index in [0.717, 1.165) is 10.1 Å². The molecule has 0 unspecified atom stereocenters. The van der Waals surface area contributed by atoms with Crippen LogP contribution in [-0.4, -0.2) is 30.3 Å². The number of halogens is 1. The summed E-state index contributed by atoms with van der Waals surface area (Å²) in [5, 5.41) is 0.596. The van der Waals surface area contributed by atoms with Crippen LogP contribution in [0.1, 0.15) is 28.5 Å². The van der Waals surface area contributed by atoms with Gasteiger partial charge in [-0.15, -0.1) is 0 Å². The number of aromatic nitrogens is 1. The molecule has 0 aliphatic heterocycles. The molecule has 2 rings (SSSR count). The summed E-state index contributed by atoms with van der Waals surface area (Å²) in [5.41, 5.74) is 7.70. The van der Waals surface area contributed by atoms with Crippen molar-refractivity contribution in [3.63, 3.8) is 0 Å². The van der Waals surface area contributed by atoms with Crippen molar-refractivity contribution >= 4 is 29.4 Å². The maximum atomic E-state index is 12.0. The lowest BCUT2D eigenvalue weighted by atomic mass is 10.1. The number of nitrogens with zero attached hydrogens (tertiary/aromatic N) is 1. The highest BCUT2D eigenvalue weighted by Crippen LogP contribution is 2.25. The number of rotatable bonds is 4. The molecular weight excluding hydrogens is 320 g/mol. The van der Waals surface area contributed by atoms with Gasteiger partial charge in [0.1, 0.15) is 0 Å². The molecule has 0 saturated carbocycles. The van der Waals surface area contributed by atoms with Gasteiger partial charge in [-0.1, -0.05) is 23.7 Å². The summed E-state index contributed by atoms with van der Waals surface area (Å²) >= 11 is 5.97. The van der Waals surface area contributed by atoms with E-state index in [9.17, 15) is 9.59 Å². The highest BCUT2D eigenvalue weighted by Gasteiger charge is 2.24. The number of nitrogen functional groups attached to an aromatic ring is 1. The summed E-state index contributed by atoms with van der Waals surface area (Å²) < 4.78 is 10.7. The number of methoxy groups -OCH3 is 1. The van der Waals surface area contributed by atoms with Gasteiger partial charge in [0, 0.05) is 17.6 Å². The summed E-state index contributed by atoms with van der Waals surface area (Å²) in [6, 6.07) is 7.25. The van der Waals surface area contributed by atoms with Crippen LogP contribution in [-0.2, 0) is 15.9 Å². The van der Waals surface area contributed by atoms with E-state index >= 15 is 0 Å². The summed E-state index contributed by atoms with van der Waals surface area (Å²) in [7, 11) is 1.22. The minimum atomic E-state index is -0.701. The van der Waals surface area contributed by atoms with Gasteiger partial charge in [0.15, 0.2) is 5.69 Å². The van der Waals surface area contributed by atoms with Crippen LogP contribution in [0.2, 0.25) is 5.02 Å². The SMILES string of the molecule is CCOC(=O)n1cc(Cc2cccc(Cl)c2)c(N)c1C(=O)OC. The minimum absolute atomic E-state index is 0.0389. The molecule has 0 aliphatic carbocycles. The van der Waals surface area contributed by atoms with Gasteiger partial charge >= 0.3 is 12.1 Å². The lowest BCUT2D eigenvalue weighted by molar-refractivity contribution is 0.0587. The molecule has 1 aromatic carbocycles. The molecule has 0 fully saturated rings. The Kier molecular flexibility index (Phi) is 5.28. The Morgan fingerprint density at radius 1 is 1.35 bits per heavy atom. The van der Waals surface area contributed by atoms with Crippen molar-refractivity contribution in [2.75, 3.05) is 19.5 Å². The van der Waals surface area contributed by atoms with Crippen LogP contribution in [0.3, 0.4) is 0 Å². The second-order valence-corrected chi connectivity index (χ2v) is 5.22. The maximum Gasteiger partial charge on any atom is 0.418 e. The molecule has 0 amide bonds. The number of ether oxygens (including phenoxy) is 2. The molecule has 23 heavy (non-hydrogen) atoms. The Bertz CT molecular complexity index is 740. The monoisotopic (exact) mass is 336 g/mol. The molecule has 122 valence electrons. The van der Waals surface area contributed by atoms with Crippen molar-refractivity contribution in [2.45, 2.75) is 13.3 Å². The Balaban J connectivity index is 2.44. The van der Waals surface area contributed by atoms with Crippen LogP contribution in [0.15, 0.2) is 30.5 Å². The Morgan fingerprint density at radius 3 is 2.70 bits per heavy atom. The summed E-state index contributed by atoms with van der Waals surface area (Å²) in [4.78, 5) is 23.9. The molecule has 0 spiro atoms. The van der Waals surface area contributed by atoms with Gasteiger partial charge in [-0.25, -0.2) is 14.2 Å². The zero-order chi connectivity index (χ0) is 17.0. The standard InChI is InChI=1S/C16H17ClN2O4/c1-3-23-16(21)19-9-11(13(18)14(19)15(20)22-2)7-10-5-4-6-12(17)8-10/h4-6,8-9H,3,7,18H2,1-2H3. The Labute approximate surface area is 138 Å². The van der Waals surface area contributed by atoms with Crippen molar-refractivity contribution < 1.29 is 19.1 Å². The van der Waals surface area contributed by atoms with Crippen molar-refractivity contribution in [3.05, 3.63) is 52.3 Å². The first-order valence-electron chi connectivity index (χ1n) is 6.97. The molecule has 1 heterocycles. The lowest BCUT2D eigenvalue weighted by Crippen LogP contribution is -2.19. The fourth-order valence-electron chi connectivity index (χ4n) is 2.22. The predicted molar refractivity (Wildman–Crippen MR) is 86.9 cm³/mol. The first kappa shape index (κ1) is 16.9. The largest absolute Gasteiger partial charge is 0.464 e. The van der Waals surface area contributed by atoms with Crippen molar-refractivity contribution in [1.82, 2.24) is 4.57 Å². The molecule has 0 bridgehead atoms. The van der Waals surface area contributed by atoms with Gasteiger partial charge in [-0.2, -0.15) is 0 Å². The van der Waals surface area contributed by atoms with E-state index < -0.39 is 12.1 Å². The molecule has 6 nitrogen and oxygen atoms in total. The third kappa shape index (κ3) is 3.65. The van der Waals surface area contributed by atoms with Crippen molar-refractivity contribution in [3.8, 4) is 0 Å². The number of carbonyl (C=O) groups is 2. The molecule has 2 aromatic rings. The quantitative estimate of drug-likeness (QED) is 0.867. The van der Waals surface area contributed by atoms with Gasteiger partial charge in [0.05, 0.1) is 19.4 Å². The van der Waals surface area contributed by atoms with Gasteiger partial charge in [-0.05, 0) is 30.2 Å². The van der Waals surface area contributed by atoms with Gasteiger partial charge < -0.3 is 15.2 Å². The molecule has 0 atom stereocenters. The Hall–Kier alpha value is -2.47. The third-order valence-corrected chi connectivity index (χ3v) is 3.49. The second-order valence-electron chi connectivity index (χ2n) is 4.78. The minimum Gasteiger partial charge on any atom is -0.464 e. The average Bonchev–Trinajstić information content (AvgIpc) is 2.84. The lowest BCUT2D eigenvalue weighted by Gasteiger charge is -2.06. The number of hydrogen-bond donors (Lipinski definition) is 1. The topological polar surface area (TPSA) is 83.5 Å². The van der Waals surface area contributed by atoms with Crippen LogP contribution in [0.25, 0.3) is 0 Å². The van der Waals surface area contributed by atoms with Crippen molar-refractivity contribution in [1.29, 1.82) is 0 Å². The van der Waals surface area contributed by atoms with E-state index in [0.29, 0.717) is 17.0 Å². The zero-order valence-corrected chi connectivity index (χ0v) is 13.6. The highest BCUT2D eigenvalue weighted by atomic mass is 35.5. The van der Waals surface area contributed by atoms with E-state index in [-0.39, 0.29) is 18.0 Å². The van der Waals surface area contributed by atoms with Gasteiger partial charge in [-0.3, -0.25) is 0 Å². The molecule has 0 saturated heterocycles. The van der Waals surface area contributed by atoms with E-state index in [1.807, 2.05) is 12.1 Å². The highest BCUT2D eigenvalue weighted by molar-refractivity contribution is 6.30. The fraction of sp³-hybridized carbons (Fsp3) is 0.250. The molecule has 1 aromatic heterocycles. The van der Waals surface area contributed by atoms with Crippen LogP contribution >= 0.6 is 11.6 Å². The van der Waals surface area contributed by atoms with Crippen LogP contribution in [0, 0.1) is 0 Å². The first-order valence-corrected chi connectivity index (χ1v) is 7.35. The van der Waals surface area contributed by atoms with Crippen LogP contribution < -0.4 is 5.73 Å². The van der Waals surface area contributed by atoms with Gasteiger partial charge in [0.25, 0.3) is 0 Å². The molecule has 0 radical (unpaired) electrons. The van der Waals surface area contributed by atoms with Crippen LogP contribution in [0.5, 0.6) is 0 Å².